The molecule has 0 saturated carbocycles. The highest BCUT2D eigenvalue weighted by Crippen LogP contribution is 2.07. The van der Waals surface area contributed by atoms with Gasteiger partial charge in [0.15, 0.2) is 0 Å². The highest BCUT2D eigenvalue weighted by atomic mass is 16.7. The highest BCUT2D eigenvalue weighted by Gasteiger charge is 2.02. The largest absolute Gasteiger partial charge is 0.274 e. The molecular formula is C16H27NO. The molecule has 2 nitrogen and oxygen atoms in total. The second kappa shape index (κ2) is 10.8. The fourth-order valence-corrected chi connectivity index (χ4v) is 1.39. The summed E-state index contributed by atoms with van der Waals surface area (Å²) in [6.45, 7) is 10.9. The Morgan fingerprint density at radius 2 is 2.00 bits per heavy atom. The molecule has 0 aromatic carbocycles. The van der Waals surface area contributed by atoms with Crippen LogP contribution in [0.15, 0.2) is 48.7 Å². The maximum Gasteiger partial charge on any atom is 0.0773 e. The third kappa shape index (κ3) is 9.91. The van der Waals surface area contributed by atoms with Crippen LogP contribution in [0.25, 0.3) is 0 Å². The normalized spacial score (nSPS) is 13.8. The molecule has 0 spiro atoms. The smallest absolute Gasteiger partial charge is 0.0773 e. The van der Waals surface area contributed by atoms with Crippen LogP contribution >= 0.6 is 0 Å². The van der Waals surface area contributed by atoms with Gasteiger partial charge in [-0.25, -0.2) is 0 Å². The van der Waals surface area contributed by atoms with Gasteiger partial charge in [0.1, 0.15) is 0 Å². The van der Waals surface area contributed by atoms with Gasteiger partial charge >= 0.3 is 0 Å². The molecule has 0 saturated heterocycles. The zero-order valence-corrected chi connectivity index (χ0v) is 12.2. The molecule has 0 aromatic rings. The van der Waals surface area contributed by atoms with Crippen LogP contribution in [-0.4, -0.2) is 18.7 Å². The van der Waals surface area contributed by atoms with Crippen molar-refractivity contribution in [2.24, 2.45) is 5.92 Å². The SMILES string of the molecule is C=C(/C=C\C)/C=C/N(C)OCC(C)CC/C=C/C. The molecule has 2 heteroatoms. The molecule has 18 heavy (non-hydrogen) atoms. The van der Waals surface area contributed by atoms with Crippen LogP contribution in [0.2, 0.25) is 0 Å². The van der Waals surface area contributed by atoms with E-state index in [-0.39, 0.29) is 0 Å². The zero-order valence-electron chi connectivity index (χ0n) is 12.2. The van der Waals surface area contributed by atoms with Gasteiger partial charge in [-0.15, -0.1) is 0 Å². The molecule has 0 N–H and O–H groups in total. The topological polar surface area (TPSA) is 12.5 Å². The van der Waals surface area contributed by atoms with E-state index in [1.165, 1.54) is 0 Å². The second-order valence-corrected chi connectivity index (χ2v) is 4.48. The van der Waals surface area contributed by atoms with E-state index in [4.69, 9.17) is 4.84 Å². The first kappa shape index (κ1) is 16.7. The minimum atomic E-state index is 0.566. The minimum absolute atomic E-state index is 0.566. The molecule has 0 amide bonds. The van der Waals surface area contributed by atoms with Gasteiger partial charge in [-0.3, -0.25) is 9.90 Å². The standard InChI is InChI=1S/C16H27NO/c1-6-8-9-11-16(4)14-18-17(5)13-12-15(3)10-7-2/h6-8,10,12-13,16H,3,9,11,14H2,1-2,4-5H3/b8-6+,10-7-,13-12+. The summed E-state index contributed by atoms with van der Waals surface area (Å²) in [7, 11) is 1.90. The second-order valence-electron chi connectivity index (χ2n) is 4.48. The Morgan fingerprint density at radius 1 is 1.28 bits per heavy atom. The molecule has 0 heterocycles. The summed E-state index contributed by atoms with van der Waals surface area (Å²) in [4.78, 5) is 5.62. The summed E-state index contributed by atoms with van der Waals surface area (Å²) in [5.41, 5.74) is 0.967. The molecule has 0 aromatic heterocycles. The van der Waals surface area contributed by atoms with Gasteiger partial charge in [0, 0.05) is 13.2 Å². The average Bonchev–Trinajstić information content (AvgIpc) is 2.34. The van der Waals surface area contributed by atoms with E-state index in [1.54, 1.807) is 5.06 Å². The van der Waals surface area contributed by atoms with E-state index in [0.717, 1.165) is 25.0 Å². The number of allylic oxidation sites excluding steroid dienone is 6. The number of nitrogens with zero attached hydrogens (tertiary/aromatic N) is 1. The lowest BCUT2D eigenvalue weighted by atomic mass is 10.1. The Labute approximate surface area is 112 Å². The van der Waals surface area contributed by atoms with Gasteiger partial charge in [-0.2, -0.15) is 0 Å². The predicted molar refractivity (Wildman–Crippen MR) is 80.0 cm³/mol. The van der Waals surface area contributed by atoms with Gasteiger partial charge in [0.05, 0.1) is 6.61 Å². The summed E-state index contributed by atoms with van der Waals surface area (Å²) in [6.07, 6.45) is 14.3. The van der Waals surface area contributed by atoms with Gasteiger partial charge in [0.2, 0.25) is 0 Å². The number of hydrogen-bond acceptors (Lipinski definition) is 2. The molecule has 1 unspecified atom stereocenters. The van der Waals surface area contributed by atoms with Gasteiger partial charge < -0.3 is 0 Å². The maximum atomic E-state index is 5.62. The van der Waals surface area contributed by atoms with E-state index in [0.29, 0.717) is 5.92 Å². The lowest BCUT2D eigenvalue weighted by molar-refractivity contribution is -0.113. The quantitative estimate of drug-likeness (QED) is 0.339. The van der Waals surface area contributed by atoms with Crippen molar-refractivity contribution in [2.45, 2.75) is 33.6 Å². The lowest BCUT2D eigenvalue weighted by Crippen LogP contribution is -2.16. The fourth-order valence-electron chi connectivity index (χ4n) is 1.39. The maximum absolute atomic E-state index is 5.62. The van der Waals surface area contributed by atoms with Crippen LogP contribution in [-0.2, 0) is 4.84 Å². The molecular weight excluding hydrogens is 222 g/mol. The Bertz CT molecular complexity index is 302. The molecule has 0 bridgehead atoms. The third-order valence-corrected chi connectivity index (χ3v) is 2.50. The van der Waals surface area contributed by atoms with E-state index < -0.39 is 0 Å². The molecule has 1 atom stereocenters. The number of hydrogen-bond donors (Lipinski definition) is 0. The van der Waals surface area contributed by atoms with Crippen molar-refractivity contribution in [3.05, 3.63) is 48.7 Å². The Balaban J connectivity index is 3.81. The van der Waals surface area contributed by atoms with Crippen LogP contribution in [0, 0.1) is 5.92 Å². The van der Waals surface area contributed by atoms with Crippen LogP contribution in [0.5, 0.6) is 0 Å². The van der Waals surface area contributed by atoms with E-state index in [9.17, 15) is 0 Å². The first-order chi connectivity index (χ1) is 8.60. The molecule has 0 aliphatic carbocycles. The average molecular weight is 249 g/mol. The van der Waals surface area contributed by atoms with Crippen LogP contribution < -0.4 is 0 Å². The van der Waals surface area contributed by atoms with Crippen LogP contribution in [0.4, 0.5) is 0 Å². The van der Waals surface area contributed by atoms with Crippen molar-refractivity contribution in [3.63, 3.8) is 0 Å². The molecule has 0 aliphatic heterocycles. The van der Waals surface area contributed by atoms with Crippen LogP contribution in [0.1, 0.15) is 33.6 Å². The molecule has 0 radical (unpaired) electrons. The monoisotopic (exact) mass is 249 g/mol. The molecule has 102 valence electrons. The van der Waals surface area contributed by atoms with Crippen molar-refractivity contribution in [2.75, 3.05) is 13.7 Å². The summed E-state index contributed by atoms with van der Waals surface area (Å²) < 4.78 is 0. The van der Waals surface area contributed by atoms with Gasteiger partial charge in [0.25, 0.3) is 0 Å². The molecule has 0 rings (SSSR count). The van der Waals surface area contributed by atoms with Crippen molar-refractivity contribution < 1.29 is 4.84 Å². The summed E-state index contributed by atoms with van der Waals surface area (Å²) in [6, 6.07) is 0. The Morgan fingerprint density at radius 3 is 2.61 bits per heavy atom. The van der Waals surface area contributed by atoms with Gasteiger partial charge in [-0.1, -0.05) is 37.8 Å². The molecule has 0 aliphatic rings. The lowest BCUT2D eigenvalue weighted by Gasteiger charge is -2.17. The van der Waals surface area contributed by atoms with Crippen molar-refractivity contribution in [1.82, 2.24) is 5.06 Å². The van der Waals surface area contributed by atoms with E-state index in [2.05, 4.69) is 32.6 Å². The van der Waals surface area contributed by atoms with E-state index >= 15 is 0 Å². The molecule has 0 fully saturated rings. The predicted octanol–water partition coefficient (Wildman–Crippen LogP) is 4.49. The number of rotatable bonds is 9. The fraction of sp³-hybridized carbons (Fsp3) is 0.500. The minimum Gasteiger partial charge on any atom is -0.274 e. The Kier molecular flexibility index (Phi) is 10.1. The summed E-state index contributed by atoms with van der Waals surface area (Å²) >= 11 is 0. The first-order valence-corrected chi connectivity index (χ1v) is 6.56. The first-order valence-electron chi connectivity index (χ1n) is 6.56. The van der Waals surface area contributed by atoms with Gasteiger partial charge in [-0.05, 0) is 44.3 Å². The van der Waals surface area contributed by atoms with Crippen molar-refractivity contribution >= 4 is 0 Å². The Hall–Kier alpha value is -1.28. The highest BCUT2D eigenvalue weighted by molar-refractivity contribution is 5.26. The van der Waals surface area contributed by atoms with E-state index in [1.807, 2.05) is 38.4 Å². The zero-order chi connectivity index (χ0) is 13.8. The summed E-state index contributed by atoms with van der Waals surface area (Å²) in [5.74, 6) is 0.566. The van der Waals surface area contributed by atoms with Crippen molar-refractivity contribution in [1.29, 1.82) is 0 Å². The van der Waals surface area contributed by atoms with Crippen LogP contribution in [0.3, 0.4) is 0 Å². The summed E-state index contributed by atoms with van der Waals surface area (Å²) in [5, 5.41) is 1.74. The van der Waals surface area contributed by atoms with Crippen molar-refractivity contribution in [3.8, 4) is 0 Å². The number of hydroxylamine groups is 2. The third-order valence-electron chi connectivity index (χ3n) is 2.50.